The lowest BCUT2D eigenvalue weighted by atomic mass is 10.2. The van der Waals surface area contributed by atoms with E-state index in [1.807, 2.05) is 20.9 Å². The summed E-state index contributed by atoms with van der Waals surface area (Å²) in [5.41, 5.74) is 3.03. The maximum atomic E-state index is 9.41. The van der Waals surface area contributed by atoms with E-state index < -0.39 is 6.23 Å². The molecular formula is C8H13NO. The van der Waals surface area contributed by atoms with Gasteiger partial charge < -0.3 is 10.0 Å². The van der Waals surface area contributed by atoms with E-state index in [0.29, 0.717) is 0 Å². The minimum atomic E-state index is -0.451. The Kier molecular flexibility index (Phi) is 1.57. The Labute approximate surface area is 61.5 Å². The highest BCUT2D eigenvalue weighted by molar-refractivity contribution is 5.37. The first-order valence-corrected chi connectivity index (χ1v) is 3.33. The second-order valence-electron chi connectivity index (χ2n) is 2.74. The molecule has 1 atom stereocenters. The maximum absolute atomic E-state index is 9.41. The highest BCUT2D eigenvalue weighted by Crippen LogP contribution is 2.28. The van der Waals surface area contributed by atoms with E-state index >= 15 is 0 Å². The minimum absolute atomic E-state index is 0.451. The van der Waals surface area contributed by atoms with Crippen LogP contribution in [-0.4, -0.2) is 23.3 Å². The number of nitrogens with zero attached hydrogens (tertiary/aromatic N) is 1. The predicted molar refractivity (Wildman–Crippen MR) is 41.3 cm³/mol. The maximum Gasteiger partial charge on any atom is 0.149 e. The molecule has 0 spiro atoms. The number of rotatable bonds is 0. The predicted octanol–water partition coefficient (Wildman–Crippen LogP) is 1.10. The zero-order chi connectivity index (χ0) is 7.89. The van der Waals surface area contributed by atoms with Gasteiger partial charge in [0.05, 0.1) is 0 Å². The molecule has 0 saturated heterocycles. The number of aliphatic hydroxyl groups excluding tert-OH is 1. The monoisotopic (exact) mass is 139 g/mol. The van der Waals surface area contributed by atoms with E-state index in [9.17, 15) is 5.11 Å². The number of aliphatic hydroxyl groups is 1. The van der Waals surface area contributed by atoms with Crippen LogP contribution >= 0.6 is 0 Å². The Balaban J connectivity index is 2.99. The molecule has 1 rings (SSSR count). The Morgan fingerprint density at radius 2 is 2.00 bits per heavy atom. The van der Waals surface area contributed by atoms with Crippen molar-refractivity contribution in [2.75, 3.05) is 7.05 Å². The standard InChI is InChI=1S/C8H13NO/c1-5-6(2)8(10)9(4)7(5)3/h8,10H,3H2,1-2,4H3. The number of allylic oxidation sites excluding steroid dienone is 1. The lowest BCUT2D eigenvalue weighted by Gasteiger charge is -2.18. The van der Waals surface area contributed by atoms with Crippen molar-refractivity contribution in [1.82, 2.24) is 4.90 Å². The van der Waals surface area contributed by atoms with Gasteiger partial charge in [-0.2, -0.15) is 0 Å². The summed E-state index contributed by atoms with van der Waals surface area (Å²) in [6, 6.07) is 0. The SMILES string of the molecule is C=C1C(C)=C(C)C(O)N1C. The Bertz CT molecular complexity index is 205. The summed E-state index contributed by atoms with van der Waals surface area (Å²) in [5, 5.41) is 9.41. The third-order valence-corrected chi connectivity index (χ3v) is 2.20. The molecule has 56 valence electrons. The highest BCUT2D eigenvalue weighted by atomic mass is 16.3. The summed E-state index contributed by atoms with van der Waals surface area (Å²) in [6.07, 6.45) is -0.451. The van der Waals surface area contributed by atoms with Crippen molar-refractivity contribution >= 4 is 0 Å². The molecule has 10 heavy (non-hydrogen) atoms. The van der Waals surface area contributed by atoms with Gasteiger partial charge in [0.2, 0.25) is 0 Å². The van der Waals surface area contributed by atoms with Crippen molar-refractivity contribution < 1.29 is 5.11 Å². The summed E-state index contributed by atoms with van der Waals surface area (Å²) < 4.78 is 0. The van der Waals surface area contributed by atoms with E-state index in [-0.39, 0.29) is 0 Å². The van der Waals surface area contributed by atoms with Gasteiger partial charge in [0.25, 0.3) is 0 Å². The largest absolute Gasteiger partial charge is 0.370 e. The zero-order valence-corrected chi connectivity index (χ0v) is 6.68. The van der Waals surface area contributed by atoms with Crippen LogP contribution in [0.4, 0.5) is 0 Å². The molecule has 2 nitrogen and oxygen atoms in total. The van der Waals surface area contributed by atoms with Gasteiger partial charge in [-0.05, 0) is 25.0 Å². The fourth-order valence-electron chi connectivity index (χ4n) is 1.12. The summed E-state index contributed by atoms with van der Waals surface area (Å²) in [5.74, 6) is 0. The Hall–Kier alpha value is -0.760. The van der Waals surface area contributed by atoms with Crippen molar-refractivity contribution in [3.05, 3.63) is 23.4 Å². The van der Waals surface area contributed by atoms with Gasteiger partial charge in [0.15, 0.2) is 0 Å². The van der Waals surface area contributed by atoms with Gasteiger partial charge in [-0.3, -0.25) is 0 Å². The average molecular weight is 139 g/mol. The molecule has 0 aromatic heterocycles. The second kappa shape index (κ2) is 2.13. The molecule has 0 radical (unpaired) electrons. The molecule has 0 bridgehead atoms. The van der Waals surface area contributed by atoms with Gasteiger partial charge in [-0.15, -0.1) is 0 Å². The van der Waals surface area contributed by atoms with Crippen LogP contribution in [0, 0.1) is 0 Å². The van der Waals surface area contributed by atoms with Gasteiger partial charge in [-0.25, -0.2) is 0 Å². The van der Waals surface area contributed by atoms with E-state index in [1.165, 1.54) is 0 Å². The molecule has 1 aliphatic rings. The van der Waals surface area contributed by atoms with Crippen molar-refractivity contribution in [2.24, 2.45) is 0 Å². The van der Waals surface area contributed by atoms with E-state index in [4.69, 9.17) is 0 Å². The average Bonchev–Trinajstić information content (AvgIpc) is 2.07. The van der Waals surface area contributed by atoms with Crippen molar-refractivity contribution in [3.63, 3.8) is 0 Å². The molecule has 1 aliphatic heterocycles. The number of hydrogen-bond acceptors (Lipinski definition) is 2. The third kappa shape index (κ3) is 0.762. The molecule has 1 unspecified atom stereocenters. The summed E-state index contributed by atoms with van der Waals surface area (Å²) >= 11 is 0. The van der Waals surface area contributed by atoms with Crippen LogP contribution in [-0.2, 0) is 0 Å². The summed E-state index contributed by atoms with van der Waals surface area (Å²) in [7, 11) is 1.84. The molecule has 2 heteroatoms. The molecule has 0 saturated carbocycles. The van der Waals surface area contributed by atoms with Crippen molar-refractivity contribution in [1.29, 1.82) is 0 Å². The van der Waals surface area contributed by atoms with Crippen LogP contribution in [0.3, 0.4) is 0 Å². The van der Waals surface area contributed by atoms with Crippen molar-refractivity contribution in [3.8, 4) is 0 Å². The summed E-state index contributed by atoms with van der Waals surface area (Å²) in [6.45, 7) is 7.73. The molecule has 0 aromatic rings. The van der Waals surface area contributed by atoms with E-state index in [1.54, 1.807) is 4.90 Å². The number of hydrogen-bond donors (Lipinski definition) is 1. The van der Waals surface area contributed by atoms with E-state index in [2.05, 4.69) is 6.58 Å². The molecular weight excluding hydrogens is 126 g/mol. The molecule has 0 amide bonds. The van der Waals surface area contributed by atoms with Crippen LogP contribution in [0.2, 0.25) is 0 Å². The first kappa shape index (κ1) is 7.35. The fourth-order valence-corrected chi connectivity index (χ4v) is 1.12. The van der Waals surface area contributed by atoms with Crippen LogP contribution in [0.15, 0.2) is 23.4 Å². The lowest BCUT2D eigenvalue weighted by molar-refractivity contribution is 0.0930. The van der Waals surface area contributed by atoms with Crippen LogP contribution < -0.4 is 0 Å². The smallest absolute Gasteiger partial charge is 0.149 e. The minimum Gasteiger partial charge on any atom is -0.370 e. The highest BCUT2D eigenvalue weighted by Gasteiger charge is 2.24. The zero-order valence-electron chi connectivity index (χ0n) is 6.68. The molecule has 0 aliphatic carbocycles. The Morgan fingerprint density at radius 1 is 1.50 bits per heavy atom. The molecule has 1 heterocycles. The first-order chi connectivity index (χ1) is 4.55. The van der Waals surface area contributed by atoms with Gasteiger partial charge in [0, 0.05) is 12.7 Å². The van der Waals surface area contributed by atoms with Gasteiger partial charge >= 0.3 is 0 Å². The summed E-state index contributed by atoms with van der Waals surface area (Å²) in [4.78, 5) is 1.77. The van der Waals surface area contributed by atoms with Crippen LogP contribution in [0.25, 0.3) is 0 Å². The topological polar surface area (TPSA) is 23.5 Å². The Morgan fingerprint density at radius 3 is 2.10 bits per heavy atom. The molecule has 0 fully saturated rings. The number of likely N-dealkylation sites (N-methyl/N-ethyl adjacent to an activating group) is 1. The van der Waals surface area contributed by atoms with E-state index in [0.717, 1.165) is 16.8 Å². The molecule has 0 aromatic carbocycles. The lowest BCUT2D eigenvalue weighted by Crippen LogP contribution is -2.25. The van der Waals surface area contributed by atoms with Crippen molar-refractivity contribution in [2.45, 2.75) is 20.1 Å². The second-order valence-corrected chi connectivity index (χ2v) is 2.74. The fraction of sp³-hybridized carbons (Fsp3) is 0.500. The van der Waals surface area contributed by atoms with Crippen LogP contribution in [0.1, 0.15) is 13.8 Å². The normalized spacial score (nSPS) is 26.6. The van der Waals surface area contributed by atoms with Crippen LogP contribution in [0.5, 0.6) is 0 Å². The third-order valence-electron chi connectivity index (χ3n) is 2.20. The van der Waals surface area contributed by atoms with Gasteiger partial charge in [-0.1, -0.05) is 6.58 Å². The molecule has 1 N–H and O–H groups in total. The first-order valence-electron chi connectivity index (χ1n) is 3.33. The van der Waals surface area contributed by atoms with Gasteiger partial charge in [0.1, 0.15) is 6.23 Å². The quantitative estimate of drug-likeness (QED) is 0.543.